The molecule has 0 aliphatic carbocycles. The van der Waals surface area contributed by atoms with Crippen LogP contribution in [0.3, 0.4) is 0 Å². The van der Waals surface area contributed by atoms with Gasteiger partial charge in [-0.15, -0.1) is 0 Å². The summed E-state index contributed by atoms with van der Waals surface area (Å²) < 4.78 is 37.7. The van der Waals surface area contributed by atoms with Crippen LogP contribution in [-0.4, -0.2) is 10.9 Å². The van der Waals surface area contributed by atoms with Crippen molar-refractivity contribution in [2.24, 2.45) is 5.92 Å². The molecule has 6 heteroatoms. The van der Waals surface area contributed by atoms with Crippen molar-refractivity contribution in [3.63, 3.8) is 0 Å². The molecule has 0 aliphatic heterocycles. The number of benzene rings is 1. The topological polar surface area (TPSA) is 44.9 Å². The van der Waals surface area contributed by atoms with Gasteiger partial charge in [-0.1, -0.05) is 13.8 Å². The fourth-order valence-electron chi connectivity index (χ4n) is 1.95. The first-order valence-electron chi connectivity index (χ1n) is 6.25. The zero-order valence-corrected chi connectivity index (χ0v) is 11.1. The summed E-state index contributed by atoms with van der Waals surface area (Å²) in [6, 6.07) is 5.67. The molecule has 1 aromatic heterocycles. The largest absolute Gasteiger partial charge is 0.431 e. The normalized spacial score (nSPS) is 12.1. The Labute approximate surface area is 114 Å². The van der Waals surface area contributed by atoms with Gasteiger partial charge in [-0.05, 0) is 30.2 Å². The standard InChI is InChI=1S/C14H15F3N2O/c1-8(2)5-13(20)18-10-3-4-11-9(6-10)7-12(19-11)14(15,16)17/h3-4,6-8,19H,5H2,1-2H3,(H,18,20). The van der Waals surface area contributed by atoms with Crippen molar-refractivity contribution in [1.82, 2.24) is 4.98 Å². The van der Waals surface area contributed by atoms with Crippen LogP contribution in [0, 0.1) is 5.92 Å². The number of carbonyl (C=O) groups excluding carboxylic acids is 1. The zero-order chi connectivity index (χ0) is 14.9. The quantitative estimate of drug-likeness (QED) is 0.873. The summed E-state index contributed by atoms with van der Waals surface area (Å²) >= 11 is 0. The minimum atomic E-state index is -4.40. The lowest BCUT2D eigenvalue weighted by atomic mass is 10.1. The third-order valence-electron chi connectivity index (χ3n) is 2.80. The SMILES string of the molecule is CC(C)CC(=O)Nc1ccc2[nH]c(C(F)(F)F)cc2c1. The molecule has 0 bridgehead atoms. The second-order valence-electron chi connectivity index (χ2n) is 5.13. The van der Waals surface area contributed by atoms with Crippen LogP contribution < -0.4 is 5.32 Å². The lowest BCUT2D eigenvalue weighted by Crippen LogP contribution is -2.13. The van der Waals surface area contributed by atoms with Crippen LogP contribution in [0.2, 0.25) is 0 Å². The molecule has 0 saturated heterocycles. The number of aromatic amines is 1. The van der Waals surface area contributed by atoms with Gasteiger partial charge < -0.3 is 10.3 Å². The average molecular weight is 284 g/mol. The maximum atomic E-state index is 12.6. The van der Waals surface area contributed by atoms with E-state index in [1.54, 1.807) is 6.07 Å². The number of carbonyl (C=O) groups is 1. The van der Waals surface area contributed by atoms with Gasteiger partial charge in [0.05, 0.1) is 0 Å². The second kappa shape index (κ2) is 5.19. The van der Waals surface area contributed by atoms with E-state index in [0.717, 1.165) is 6.07 Å². The molecule has 3 nitrogen and oxygen atoms in total. The Bertz CT molecular complexity index is 629. The third-order valence-corrected chi connectivity index (χ3v) is 2.80. The fourth-order valence-corrected chi connectivity index (χ4v) is 1.95. The van der Waals surface area contributed by atoms with Gasteiger partial charge in [0.2, 0.25) is 5.91 Å². The maximum Gasteiger partial charge on any atom is 0.431 e. The molecule has 0 saturated carbocycles. The number of fused-ring (bicyclic) bond motifs is 1. The van der Waals surface area contributed by atoms with Crippen molar-refractivity contribution >= 4 is 22.5 Å². The number of hydrogen-bond donors (Lipinski definition) is 2. The van der Waals surface area contributed by atoms with Crippen LogP contribution in [-0.2, 0) is 11.0 Å². The van der Waals surface area contributed by atoms with Crippen molar-refractivity contribution in [3.8, 4) is 0 Å². The highest BCUT2D eigenvalue weighted by molar-refractivity contribution is 5.94. The summed E-state index contributed by atoms with van der Waals surface area (Å²) in [6.07, 6.45) is -4.03. The van der Waals surface area contributed by atoms with E-state index in [0.29, 0.717) is 23.0 Å². The van der Waals surface area contributed by atoms with Crippen molar-refractivity contribution in [2.45, 2.75) is 26.4 Å². The Morgan fingerprint density at radius 3 is 2.60 bits per heavy atom. The number of H-pyrrole nitrogens is 1. The first-order chi connectivity index (χ1) is 9.25. The second-order valence-corrected chi connectivity index (χ2v) is 5.13. The molecule has 108 valence electrons. The van der Waals surface area contributed by atoms with E-state index in [9.17, 15) is 18.0 Å². The average Bonchev–Trinajstić information content (AvgIpc) is 2.70. The highest BCUT2D eigenvalue weighted by atomic mass is 19.4. The molecule has 0 radical (unpaired) electrons. The molecule has 1 amide bonds. The van der Waals surface area contributed by atoms with E-state index < -0.39 is 11.9 Å². The summed E-state index contributed by atoms with van der Waals surface area (Å²) in [5.74, 6) is 0.0775. The highest BCUT2D eigenvalue weighted by Gasteiger charge is 2.32. The van der Waals surface area contributed by atoms with E-state index in [-0.39, 0.29) is 11.8 Å². The molecule has 2 rings (SSSR count). The maximum absolute atomic E-state index is 12.6. The van der Waals surface area contributed by atoms with Gasteiger partial charge in [0.1, 0.15) is 5.69 Å². The molecule has 20 heavy (non-hydrogen) atoms. The highest BCUT2D eigenvalue weighted by Crippen LogP contribution is 2.31. The summed E-state index contributed by atoms with van der Waals surface area (Å²) in [6.45, 7) is 3.84. The fraction of sp³-hybridized carbons (Fsp3) is 0.357. The van der Waals surface area contributed by atoms with Crippen LogP contribution >= 0.6 is 0 Å². The van der Waals surface area contributed by atoms with E-state index in [1.165, 1.54) is 12.1 Å². The first-order valence-corrected chi connectivity index (χ1v) is 6.25. The Balaban J connectivity index is 2.23. The number of rotatable bonds is 3. The number of halogens is 3. The Kier molecular flexibility index (Phi) is 3.74. The van der Waals surface area contributed by atoms with E-state index in [4.69, 9.17) is 0 Å². The number of anilines is 1. The minimum Gasteiger partial charge on any atom is -0.351 e. The molecule has 0 atom stereocenters. The minimum absolute atomic E-state index is 0.147. The van der Waals surface area contributed by atoms with E-state index in [2.05, 4.69) is 10.3 Å². The third kappa shape index (κ3) is 3.31. The number of hydrogen-bond acceptors (Lipinski definition) is 1. The van der Waals surface area contributed by atoms with Gasteiger partial charge in [-0.3, -0.25) is 4.79 Å². The van der Waals surface area contributed by atoms with Gasteiger partial charge in [-0.2, -0.15) is 13.2 Å². The first kappa shape index (κ1) is 14.4. The van der Waals surface area contributed by atoms with Gasteiger partial charge >= 0.3 is 6.18 Å². The van der Waals surface area contributed by atoms with Crippen LogP contribution in [0.1, 0.15) is 26.0 Å². The van der Waals surface area contributed by atoms with Crippen LogP contribution in [0.15, 0.2) is 24.3 Å². The Morgan fingerprint density at radius 1 is 1.30 bits per heavy atom. The molecule has 1 heterocycles. The van der Waals surface area contributed by atoms with Gasteiger partial charge in [0.15, 0.2) is 0 Å². The molecule has 2 N–H and O–H groups in total. The van der Waals surface area contributed by atoms with Crippen LogP contribution in [0.4, 0.5) is 18.9 Å². The van der Waals surface area contributed by atoms with Gasteiger partial charge in [0, 0.05) is 23.0 Å². The number of aromatic nitrogens is 1. The summed E-state index contributed by atoms with van der Waals surface area (Å²) in [4.78, 5) is 13.9. The van der Waals surface area contributed by atoms with Gasteiger partial charge in [-0.25, -0.2) is 0 Å². The lowest BCUT2D eigenvalue weighted by Gasteiger charge is -2.07. The molecule has 0 spiro atoms. The van der Waals surface area contributed by atoms with Crippen LogP contribution in [0.5, 0.6) is 0 Å². The Hall–Kier alpha value is -1.98. The number of nitrogens with one attached hydrogen (secondary N) is 2. The van der Waals surface area contributed by atoms with Crippen molar-refractivity contribution in [1.29, 1.82) is 0 Å². The van der Waals surface area contributed by atoms with Crippen molar-refractivity contribution in [3.05, 3.63) is 30.0 Å². The van der Waals surface area contributed by atoms with Crippen molar-refractivity contribution in [2.75, 3.05) is 5.32 Å². The predicted molar refractivity (Wildman–Crippen MR) is 71.4 cm³/mol. The van der Waals surface area contributed by atoms with Crippen LogP contribution in [0.25, 0.3) is 10.9 Å². The number of alkyl halides is 3. The number of amides is 1. The van der Waals surface area contributed by atoms with Gasteiger partial charge in [0.25, 0.3) is 0 Å². The zero-order valence-electron chi connectivity index (χ0n) is 11.1. The summed E-state index contributed by atoms with van der Waals surface area (Å²) in [7, 11) is 0. The molecular weight excluding hydrogens is 269 g/mol. The summed E-state index contributed by atoms with van der Waals surface area (Å²) in [5.41, 5.74) is 0.0909. The molecule has 1 aromatic carbocycles. The smallest absolute Gasteiger partial charge is 0.351 e. The Morgan fingerprint density at radius 2 is 2.00 bits per heavy atom. The molecule has 0 aliphatic rings. The molecular formula is C14H15F3N2O. The molecule has 0 fully saturated rings. The summed E-state index contributed by atoms with van der Waals surface area (Å²) in [5, 5.41) is 3.10. The molecule has 0 unspecified atom stereocenters. The van der Waals surface area contributed by atoms with Crippen molar-refractivity contribution < 1.29 is 18.0 Å². The predicted octanol–water partition coefficient (Wildman–Crippen LogP) is 4.17. The monoisotopic (exact) mass is 284 g/mol. The lowest BCUT2D eigenvalue weighted by molar-refractivity contribution is -0.140. The molecule has 2 aromatic rings. The van der Waals surface area contributed by atoms with E-state index >= 15 is 0 Å². The van der Waals surface area contributed by atoms with E-state index in [1.807, 2.05) is 13.8 Å².